The molecule has 0 spiro atoms. The summed E-state index contributed by atoms with van der Waals surface area (Å²) in [6, 6.07) is 48.9. The monoisotopic (exact) mass is 536 g/mol. The SMILES string of the molecule is C1=Cc2c(cccc2-n2c3ccccc3c3ccc(-c4ccc5c(c4)c4ccccc4n5-c4ccccc4)cc32)CC1. The number of benzene rings is 6. The quantitative estimate of drug-likeness (QED) is 0.213. The lowest BCUT2D eigenvalue weighted by Crippen LogP contribution is -2.02. The molecule has 8 aromatic rings. The molecule has 0 saturated heterocycles. The van der Waals surface area contributed by atoms with Crippen LogP contribution in [0, 0.1) is 0 Å². The number of rotatable bonds is 3. The van der Waals surface area contributed by atoms with Gasteiger partial charge in [-0.2, -0.15) is 0 Å². The molecule has 198 valence electrons. The molecule has 2 heterocycles. The molecule has 2 aromatic heterocycles. The van der Waals surface area contributed by atoms with Crippen LogP contribution in [0.15, 0.2) is 140 Å². The molecule has 1 aliphatic carbocycles. The number of aryl methyl sites for hydroxylation is 1. The molecule has 2 heteroatoms. The molecule has 0 unspecified atom stereocenters. The van der Waals surface area contributed by atoms with Crippen LogP contribution in [0.1, 0.15) is 17.5 Å². The molecule has 0 saturated carbocycles. The number of fused-ring (bicyclic) bond motifs is 7. The molecule has 1 aliphatic rings. The van der Waals surface area contributed by atoms with Crippen LogP contribution >= 0.6 is 0 Å². The zero-order chi connectivity index (χ0) is 27.6. The zero-order valence-corrected chi connectivity index (χ0v) is 23.2. The van der Waals surface area contributed by atoms with Crippen molar-refractivity contribution >= 4 is 49.7 Å². The normalized spacial score (nSPS) is 13.0. The lowest BCUT2D eigenvalue weighted by Gasteiger charge is -2.17. The fourth-order valence-corrected chi connectivity index (χ4v) is 7.06. The summed E-state index contributed by atoms with van der Waals surface area (Å²) in [5.74, 6) is 0. The number of allylic oxidation sites excluding steroid dienone is 1. The first-order valence-corrected chi connectivity index (χ1v) is 14.8. The van der Waals surface area contributed by atoms with Gasteiger partial charge in [0.2, 0.25) is 0 Å². The molecule has 2 nitrogen and oxygen atoms in total. The third-order valence-electron chi connectivity index (χ3n) is 8.97. The minimum atomic E-state index is 1.10. The Kier molecular flexibility index (Phi) is 5.06. The van der Waals surface area contributed by atoms with Gasteiger partial charge < -0.3 is 9.13 Å². The van der Waals surface area contributed by atoms with Crippen LogP contribution < -0.4 is 0 Å². The first-order chi connectivity index (χ1) is 20.8. The smallest absolute Gasteiger partial charge is 0.0547 e. The van der Waals surface area contributed by atoms with E-state index in [0.717, 1.165) is 12.8 Å². The Balaban J connectivity index is 1.29. The van der Waals surface area contributed by atoms with E-state index in [1.54, 1.807) is 0 Å². The average Bonchev–Trinajstić information content (AvgIpc) is 3.57. The standard InChI is InChI=1S/C40H28N2/c1-2-13-30(14-3-1)41-37-18-8-7-17-33(37)35-25-28(22-24-39(35)41)29-21-23-34-32-16-6-9-19-38(32)42(40(34)26-29)36-20-10-12-27-11-4-5-15-31(27)36/h1-3,5-10,12-26H,4,11H2. The average molecular weight is 537 g/mol. The zero-order valence-electron chi connectivity index (χ0n) is 23.2. The molecule has 6 aromatic carbocycles. The van der Waals surface area contributed by atoms with Gasteiger partial charge in [0.25, 0.3) is 0 Å². The van der Waals surface area contributed by atoms with Crippen LogP contribution in [0.25, 0.3) is 72.2 Å². The summed E-state index contributed by atoms with van der Waals surface area (Å²) < 4.78 is 4.85. The van der Waals surface area contributed by atoms with E-state index in [9.17, 15) is 0 Å². The first-order valence-electron chi connectivity index (χ1n) is 14.8. The fraction of sp³-hybridized carbons (Fsp3) is 0.0500. The molecule has 9 rings (SSSR count). The lowest BCUT2D eigenvalue weighted by atomic mass is 9.95. The van der Waals surface area contributed by atoms with Crippen LogP contribution in [0.4, 0.5) is 0 Å². The molecule has 0 fully saturated rings. The van der Waals surface area contributed by atoms with E-state index in [1.807, 2.05) is 0 Å². The van der Waals surface area contributed by atoms with Gasteiger partial charge in [0.05, 0.1) is 27.8 Å². The van der Waals surface area contributed by atoms with Crippen molar-refractivity contribution in [2.75, 3.05) is 0 Å². The lowest BCUT2D eigenvalue weighted by molar-refractivity contribution is 0.977. The second-order valence-corrected chi connectivity index (χ2v) is 11.3. The van der Waals surface area contributed by atoms with Gasteiger partial charge in [0.1, 0.15) is 0 Å². The minimum Gasteiger partial charge on any atom is -0.309 e. The van der Waals surface area contributed by atoms with Crippen molar-refractivity contribution in [3.63, 3.8) is 0 Å². The van der Waals surface area contributed by atoms with Crippen molar-refractivity contribution < 1.29 is 0 Å². The number of hydrogen-bond donors (Lipinski definition) is 0. The van der Waals surface area contributed by atoms with Crippen molar-refractivity contribution in [1.29, 1.82) is 0 Å². The Morgan fingerprint density at radius 1 is 0.452 bits per heavy atom. The number of hydrogen-bond acceptors (Lipinski definition) is 0. The van der Waals surface area contributed by atoms with Gasteiger partial charge in [-0.3, -0.25) is 0 Å². The van der Waals surface area contributed by atoms with Gasteiger partial charge in [0.15, 0.2) is 0 Å². The molecule has 0 radical (unpaired) electrons. The third-order valence-corrected chi connectivity index (χ3v) is 8.97. The van der Waals surface area contributed by atoms with Crippen LogP contribution in [-0.4, -0.2) is 9.13 Å². The first kappa shape index (κ1) is 23.4. The van der Waals surface area contributed by atoms with Gasteiger partial charge in [-0.15, -0.1) is 0 Å². The summed E-state index contributed by atoms with van der Waals surface area (Å²) in [5.41, 5.74) is 12.6. The highest BCUT2D eigenvalue weighted by atomic mass is 15.0. The molecular weight excluding hydrogens is 508 g/mol. The van der Waals surface area contributed by atoms with Gasteiger partial charge in [-0.1, -0.05) is 97.1 Å². The van der Waals surface area contributed by atoms with Crippen molar-refractivity contribution in [2.45, 2.75) is 12.8 Å². The maximum absolute atomic E-state index is 2.47. The third kappa shape index (κ3) is 3.39. The van der Waals surface area contributed by atoms with E-state index >= 15 is 0 Å². The number of para-hydroxylation sites is 3. The minimum absolute atomic E-state index is 1.10. The van der Waals surface area contributed by atoms with E-state index in [4.69, 9.17) is 0 Å². The van der Waals surface area contributed by atoms with Gasteiger partial charge in [0, 0.05) is 32.8 Å². The summed E-state index contributed by atoms with van der Waals surface area (Å²) in [5, 5.41) is 5.12. The molecule has 0 atom stereocenters. The summed E-state index contributed by atoms with van der Waals surface area (Å²) >= 11 is 0. The van der Waals surface area contributed by atoms with Crippen LogP contribution in [0.5, 0.6) is 0 Å². The Morgan fingerprint density at radius 2 is 1.12 bits per heavy atom. The van der Waals surface area contributed by atoms with Crippen LogP contribution in [-0.2, 0) is 6.42 Å². The van der Waals surface area contributed by atoms with Gasteiger partial charge in [-0.25, -0.2) is 0 Å². The molecule has 0 amide bonds. The number of nitrogens with zero attached hydrogens (tertiary/aromatic N) is 2. The van der Waals surface area contributed by atoms with E-state index in [-0.39, 0.29) is 0 Å². The van der Waals surface area contributed by atoms with Crippen molar-refractivity contribution in [1.82, 2.24) is 9.13 Å². The Morgan fingerprint density at radius 3 is 1.98 bits per heavy atom. The molecule has 0 N–H and O–H groups in total. The van der Waals surface area contributed by atoms with E-state index in [0.29, 0.717) is 0 Å². The predicted octanol–water partition coefficient (Wildman–Crippen LogP) is 10.5. The number of aromatic nitrogens is 2. The Hall–Kier alpha value is -5.34. The van der Waals surface area contributed by atoms with Crippen molar-refractivity contribution in [2.24, 2.45) is 0 Å². The van der Waals surface area contributed by atoms with Gasteiger partial charge >= 0.3 is 0 Å². The highest BCUT2D eigenvalue weighted by Crippen LogP contribution is 2.39. The van der Waals surface area contributed by atoms with Gasteiger partial charge in [-0.05, 0) is 78.1 Å². The summed E-state index contributed by atoms with van der Waals surface area (Å²) in [4.78, 5) is 0. The fourth-order valence-electron chi connectivity index (χ4n) is 7.06. The van der Waals surface area contributed by atoms with E-state index < -0.39 is 0 Å². The maximum atomic E-state index is 2.47. The largest absolute Gasteiger partial charge is 0.309 e. The van der Waals surface area contributed by atoms with Crippen molar-refractivity contribution in [3.8, 4) is 22.5 Å². The highest BCUT2D eigenvalue weighted by Gasteiger charge is 2.18. The molecule has 42 heavy (non-hydrogen) atoms. The summed E-state index contributed by atoms with van der Waals surface area (Å²) in [6.07, 6.45) is 6.83. The summed E-state index contributed by atoms with van der Waals surface area (Å²) in [7, 11) is 0. The Labute approximate surface area is 244 Å². The molecule has 0 bridgehead atoms. The molecule has 0 aliphatic heterocycles. The van der Waals surface area contributed by atoms with E-state index in [1.165, 1.54) is 77.2 Å². The summed E-state index contributed by atoms with van der Waals surface area (Å²) in [6.45, 7) is 0. The molecular formula is C40H28N2. The second-order valence-electron chi connectivity index (χ2n) is 11.3. The van der Waals surface area contributed by atoms with Crippen LogP contribution in [0.2, 0.25) is 0 Å². The second kappa shape index (κ2) is 9.09. The Bertz CT molecular complexity index is 2350. The highest BCUT2D eigenvalue weighted by molar-refractivity contribution is 6.12. The maximum Gasteiger partial charge on any atom is 0.0547 e. The van der Waals surface area contributed by atoms with Crippen molar-refractivity contribution in [3.05, 3.63) is 151 Å². The topological polar surface area (TPSA) is 9.86 Å². The van der Waals surface area contributed by atoms with Crippen LogP contribution in [0.3, 0.4) is 0 Å². The van der Waals surface area contributed by atoms with E-state index in [2.05, 4.69) is 155 Å². The predicted molar refractivity (Wildman–Crippen MR) is 178 cm³/mol.